The number of aromatic nitrogens is 1. The fourth-order valence-electron chi connectivity index (χ4n) is 1.70. The molecule has 0 spiro atoms. The molecule has 0 aliphatic heterocycles. The second kappa shape index (κ2) is 4.77. The van der Waals surface area contributed by atoms with Gasteiger partial charge >= 0.3 is 0 Å². The van der Waals surface area contributed by atoms with E-state index < -0.39 is 0 Å². The first-order chi connectivity index (χ1) is 7.06. The SMILES string of the molecule is Cc1cc(C=O)c(C)n1CCCC(N)=O. The third-order valence-corrected chi connectivity index (χ3v) is 2.54. The Balaban J connectivity index is 2.72. The standard InChI is InChI=1S/C11H16N2O2/c1-8-6-10(7-14)9(2)13(8)5-3-4-11(12)15/h6-7H,3-5H2,1-2H3,(H2,12,15). The molecular weight excluding hydrogens is 192 g/mol. The molecule has 0 unspecified atom stereocenters. The summed E-state index contributed by atoms with van der Waals surface area (Å²) in [6.07, 6.45) is 1.95. The van der Waals surface area contributed by atoms with Crippen molar-refractivity contribution in [1.82, 2.24) is 4.57 Å². The van der Waals surface area contributed by atoms with E-state index in [4.69, 9.17) is 5.73 Å². The molecule has 82 valence electrons. The summed E-state index contributed by atoms with van der Waals surface area (Å²) in [7, 11) is 0. The molecule has 4 heteroatoms. The van der Waals surface area contributed by atoms with Gasteiger partial charge in [0.1, 0.15) is 0 Å². The van der Waals surface area contributed by atoms with Gasteiger partial charge < -0.3 is 10.3 Å². The zero-order chi connectivity index (χ0) is 11.4. The van der Waals surface area contributed by atoms with Crippen molar-refractivity contribution < 1.29 is 9.59 Å². The van der Waals surface area contributed by atoms with Gasteiger partial charge in [0.25, 0.3) is 0 Å². The van der Waals surface area contributed by atoms with Crippen LogP contribution in [0, 0.1) is 13.8 Å². The lowest BCUT2D eigenvalue weighted by atomic mass is 10.2. The van der Waals surface area contributed by atoms with Crippen LogP contribution in [0.5, 0.6) is 0 Å². The highest BCUT2D eigenvalue weighted by molar-refractivity contribution is 5.77. The highest BCUT2D eigenvalue weighted by atomic mass is 16.1. The first-order valence-corrected chi connectivity index (χ1v) is 4.96. The van der Waals surface area contributed by atoms with Gasteiger partial charge in [-0.15, -0.1) is 0 Å². The lowest BCUT2D eigenvalue weighted by molar-refractivity contribution is -0.118. The molecule has 1 heterocycles. The Bertz CT molecular complexity index is 380. The molecule has 0 fully saturated rings. The van der Waals surface area contributed by atoms with Crippen molar-refractivity contribution in [3.05, 3.63) is 23.0 Å². The molecule has 1 rings (SSSR count). The van der Waals surface area contributed by atoms with Crippen molar-refractivity contribution in [3.8, 4) is 0 Å². The van der Waals surface area contributed by atoms with Gasteiger partial charge in [0.05, 0.1) is 0 Å². The molecule has 1 amide bonds. The predicted octanol–water partition coefficient (Wildman–Crippen LogP) is 1.18. The normalized spacial score (nSPS) is 10.3. The van der Waals surface area contributed by atoms with Crippen molar-refractivity contribution in [3.63, 3.8) is 0 Å². The molecule has 0 radical (unpaired) electrons. The summed E-state index contributed by atoms with van der Waals surface area (Å²) in [4.78, 5) is 21.3. The van der Waals surface area contributed by atoms with E-state index in [9.17, 15) is 9.59 Å². The third-order valence-electron chi connectivity index (χ3n) is 2.54. The number of aldehydes is 1. The number of nitrogens with two attached hydrogens (primary N) is 1. The van der Waals surface area contributed by atoms with Crippen molar-refractivity contribution in [1.29, 1.82) is 0 Å². The molecule has 0 saturated carbocycles. The molecule has 0 atom stereocenters. The van der Waals surface area contributed by atoms with Gasteiger partial charge in [0.2, 0.25) is 5.91 Å². The van der Waals surface area contributed by atoms with Crippen LogP contribution in [0.2, 0.25) is 0 Å². The Hall–Kier alpha value is -1.58. The maximum Gasteiger partial charge on any atom is 0.217 e. The largest absolute Gasteiger partial charge is 0.370 e. The topological polar surface area (TPSA) is 65.1 Å². The summed E-state index contributed by atoms with van der Waals surface area (Å²) in [5.41, 5.74) is 7.77. The van der Waals surface area contributed by atoms with E-state index in [1.807, 2.05) is 24.5 Å². The number of nitrogens with zero attached hydrogens (tertiary/aromatic N) is 1. The fraction of sp³-hybridized carbons (Fsp3) is 0.455. The average Bonchev–Trinajstić information content (AvgIpc) is 2.44. The van der Waals surface area contributed by atoms with Gasteiger partial charge in [-0.25, -0.2) is 0 Å². The minimum atomic E-state index is -0.284. The van der Waals surface area contributed by atoms with E-state index >= 15 is 0 Å². The summed E-state index contributed by atoms with van der Waals surface area (Å²) < 4.78 is 2.03. The molecule has 0 bridgehead atoms. The second-order valence-corrected chi connectivity index (χ2v) is 3.67. The number of hydrogen-bond donors (Lipinski definition) is 1. The predicted molar refractivity (Wildman–Crippen MR) is 57.7 cm³/mol. The second-order valence-electron chi connectivity index (χ2n) is 3.67. The summed E-state index contributed by atoms with van der Waals surface area (Å²) >= 11 is 0. The van der Waals surface area contributed by atoms with E-state index in [2.05, 4.69) is 0 Å². The molecule has 2 N–H and O–H groups in total. The van der Waals surface area contributed by atoms with E-state index in [0.717, 1.165) is 24.2 Å². The van der Waals surface area contributed by atoms with Crippen LogP contribution in [0.25, 0.3) is 0 Å². The van der Waals surface area contributed by atoms with E-state index in [-0.39, 0.29) is 5.91 Å². The van der Waals surface area contributed by atoms with Crippen LogP contribution in [0.1, 0.15) is 34.6 Å². The van der Waals surface area contributed by atoms with Gasteiger partial charge in [0, 0.05) is 29.9 Å². The smallest absolute Gasteiger partial charge is 0.217 e. The van der Waals surface area contributed by atoms with Crippen LogP contribution in [0.4, 0.5) is 0 Å². The van der Waals surface area contributed by atoms with E-state index in [0.29, 0.717) is 18.4 Å². The van der Waals surface area contributed by atoms with Gasteiger partial charge in [-0.3, -0.25) is 9.59 Å². The summed E-state index contributed by atoms with van der Waals surface area (Å²) in [6, 6.07) is 1.85. The number of aryl methyl sites for hydroxylation is 1. The molecule has 4 nitrogen and oxygen atoms in total. The number of carbonyl (C=O) groups is 2. The number of rotatable bonds is 5. The summed E-state index contributed by atoms with van der Waals surface area (Å²) in [6.45, 7) is 4.58. The summed E-state index contributed by atoms with van der Waals surface area (Å²) in [5, 5.41) is 0. The summed E-state index contributed by atoms with van der Waals surface area (Å²) in [5.74, 6) is -0.284. The monoisotopic (exact) mass is 208 g/mol. The van der Waals surface area contributed by atoms with Gasteiger partial charge in [0.15, 0.2) is 6.29 Å². The molecule has 0 aromatic carbocycles. The molecule has 1 aromatic rings. The maximum atomic E-state index is 10.7. The zero-order valence-corrected chi connectivity index (χ0v) is 9.12. The quantitative estimate of drug-likeness (QED) is 0.738. The van der Waals surface area contributed by atoms with E-state index in [1.165, 1.54) is 0 Å². The highest BCUT2D eigenvalue weighted by Crippen LogP contribution is 2.13. The molecule has 1 aromatic heterocycles. The van der Waals surface area contributed by atoms with Crippen molar-refractivity contribution >= 4 is 12.2 Å². The minimum Gasteiger partial charge on any atom is -0.370 e. The van der Waals surface area contributed by atoms with Crippen LogP contribution in [0.15, 0.2) is 6.07 Å². The Labute approximate surface area is 89.1 Å². The maximum absolute atomic E-state index is 10.7. The molecule has 0 saturated heterocycles. The van der Waals surface area contributed by atoms with Crippen LogP contribution in [0.3, 0.4) is 0 Å². The van der Waals surface area contributed by atoms with Gasteiger partial charge in [-0.2, -0.15) is 0 Å². The number of amides is 1. The van der Waals surface area contributed by atoms with Crippen molar-refractivity contribution in [2.75, 3.05) is 0 Å². The number of hydrogen-bond acceptors (Lipinski definition) is 2. The average molecular weight is 208 g/mol. The Morgan fingerprint density at radius 3 is 2.67 bits per heavy atom. The van der Waals surface area contributed by atoms with E-state index in [1.54, 1.807) is 0 Å². The molecule has 0 aliphatic carbocycles. The van der Waals surface area contributed by atoms with Gasteiger partial charge in [-0.1, -0.05) is 0 Å². The van der Waals surface area contributed by atoms with Crippen molar-refractivity contribution in [2.45, 2.75) is 33.2 Å². The Morgan fingerprint density at radius 1 is 1.53 bits per heavy atom. The first kappa shape index (κ1) is 11.5. The lowest BCUT2D eigenvalue weighted by Gasteiger charge is -2.08. The minimum absolute atomic E-state index is 0.284. The molecule has 0 aliphatic rings. The number of carbonyl (C=O) groups excluding carboxylic acids is 2. The Kier molecular flexibility index (Phi) is 3.66. The van der Waals surface area contributed by atoms with Crippen LogP contribution < -0.4 is 5.73 Å². The van der Waals surface area contributed by atoms with Gasteiger partial charge in [-0.05, 0) is 26.3 Å². The first-order valence-electron chi connectivity index (χ1n) is 4.96. The highest BCUT2D eigenvalue weighted by Gasteiger charge is 2.07. The van der Waals surface area contributed by atoms with Crippen LogP contribution >= 0.6 is 0 Å². The fourth-order valence-corrected chi connectivity index (χ4v) is 1.70. The van der Waals surface area contributed by atoms with Crippen LogP contribution in [-0.2, 0) is 11.3 Å². The zero-order valence-electron chi connectivity index (χ0n) is 9.12. The lowest BCUT2D eigenvalue weighted by Crippen LogP contribution is -2.12. The van der Waals surface area contributed by atoms with Crippen LogP contribution in [-0.4, -0.2) is 16.8 Å². The Morgan fingerprint density at radius 2 is 2.20 bits per heavy atom. The molecular formula is C11H16N2O2. The number of primary amides is 1. The molecule has 15 heavy (non-hydrogen) atoms. The third kappa shape index (κ3) is 2.68. The van der Waals surface area contributed by atoms with Crippen molar-refractivity contribution in [2.24, 2.45) is 5.73 Å².